The van der Waals surface area contributed by atoms with Crippen LogP contribution in [-0.4, -0.2) is 28.7 Å². The zero-order valence-electron chi connectivity index (χ0n) is 14.7. The highest BCUT2D eigenvalue weighted by Crippen LogP contribution is 2.26. The van der Waals surface area contributed by atoms with E-state index in [1.165, 1.54) is 39.2 Å². The monoisotopic (exact) mass is 329 g/mol. The van der Waals surface area contributed by atoms with Gasteiger partial charge in [0.1, 0.15) is 0 Å². The van der Waals surface area contributed by atoms with Crippen LogP contribution in [0.2, 0.25) is 0 Å². The third-order valence-electron chi connectivity index (χ3n) is 4.84. The summed E-state index contributed by atoms with van der Waals surface area (Å²) in [6, 6.07) is 6.14. The summed E-state index contributed by atoms with van der Waals surface area (Å²) in [6.45, 7) is 3.14. The maximum absolute atomic E-state index is 11.8. The molecule has 1 fully saturated rings. The van der Waals surface area contributed by atoms with Gasteiger partial charge in [0.25, 0.3) is 0 Å². The number of aryl methyl sites for hydroxylation is 1. The minimum atomic E-state index is -0.318. The number of carbonyl (C=O) groups excluding carboxylic acids is 1. The average Bonchev–Trinajstić information content (AvgIpc) is 2.96. The Morgan fingerprint density at radius 2 is 2.12 bits per heavy atom. The number of methoxy groups -OCH3 is 1. The molecule has 1 N–H and O–H groups in total. The largest absolute Gasteiger partial charge is 0.465 e. The van der Waals surface area contributed by atoms with Crippen LogP contribution in [0.5, 0.6) is 0 Å². The molecule has 0 atom stereocenters. The highest BCUT2D eigenvalue weighted by molar-refractivity contribution is 5.94. The van der Waals surface area contributed by atoms with Crippen LogP contribution < -0.4 is 5.32 Å². The average molecular weight is 329 g/mol. The van der Waals surface area contributed by atoms with E-state index < -0.39 is 0 Å². The molecule has 5 nitrogen and oxygen atoms in total. The number of aromatic nitrogens is 2. The van der Waals surface area contributed by atoms with Gasteiger partial charge in [-0.15, -0.1) is 0 Å². The van der Waals surface area contributed by atoms with Gasteiger partial charge in [0, 0.05) is 12.6 Å². The van der Waals surface area contributed by atoms with E-state index in [1.807, 2.05) is 18.2 Å². The summed E-state index contributed by atoms with van der Waals surface area (Å²) in [7, 11) is 1.41. The summed E-state index contributed by atoms with van der Waals surface area (Å²) >= 11 is 0. The van der Waals surface area contributed by atoms with Crippen LogP contribution in [0.25, 0.3) is 11.0 Å². The molecule has 1 aromatic carbocycles. The Morgan fingerprint density at radius 1 is 1.33 bits per heavy atom. The maximum Gasteiger partial charge on any atom is 0.337 e. The van der Waals surface area contributed by atoms with Gasteiger partial charge in [-0.25, -0.2) is 9.78 Å². The number of nitrogens with zero attached hydrogens (tertiary/aromatic N) is 2. The molecule has 1 aromatic heterocycles. The first-order valence-corrected chi connectivity index (χ1v) is 9.08. The summed E-state index contributed by atoms with van der Waals surface area (Å²) in [5.41, 5.74) is 2.48. The predicted molar refractivity (Wildman–Crippen MR) is 96.5 cm³/mol. The van der Waals surface area contributed by atoms with Crippen molar-refractivity contribution in [1.82, 2.24) is 9.55 Å². The van der Waals surface area contributed by atoms with E-state index in [-0.39, 0.29) is 5.97 Å². The molecule has 130 valence electrons. The number of hydrogen-bond acceptors (Lipinski definition) is 4. The van der Waals surface area contributed by atoms with Crippen LogP contribution in [-0.2, 0) is 11.3 Å². The normalized spacial score (nSPS) is 15.6. The first kappa shape index (κ1) is 16.8. The van der Waals surface area contributed by atoms with E-state index in [0.29, 0.717) is 11.6 Å². The van der Waals surface area contributed by atoms with E-state index in [0.717, 1.165) is 36.4 Å². The Labute approximate surface area is 143 Å². The van der Waals surface area contributed by atoms with Crippen LogP contribution >= 0.6 is 0 Å². The molecule has 0 amide bonds. The van der Waals surface area contributed by atoms with Gasteiger partial charge in [-0.1, -0.05) is 32.6 Å². The number of rotatable bonds is 6. The number of ether oxygens (including phenoxy) is 1. The lowest BCUT2D eigenvalue weighted by Crippen LogP contribution is -2.24. The Hall–Kier alpha value is -2.04. The van der Waals surface area contributed by atoms with E-state index in [1.54, 1.807) is 0 Å². The molecule has 1 aliphatic carbocycles. The van der Waals surface area contributed by atoms with Crippen molar-refractivity contribution in [2.45, 2.75) is 64.5 Å². The quantitative estimate of drug-likeness (QED) is 0.800. The number of carbonyl (C=O) groups is 1. The minimum absolute atomic E-state index is 0.318. The molecule has 3 rings (SSSR count). The minimum Gasteiger partial charge on any atom is -0.465 e. The van der Waals surface area contributed by atoms with Crippen molar-refractivity contribution in [1.29, 1.82) is 0 Å². The molecule has 0 spiro atoms. The van der Waals surface area contributed by atoms with E-state index in [2.05, 4.69) is 16.8 Å². The fourth-order valence-corrected chi connectivity index (χ4v) is 3.46. The van der Waals surface area contributed by atoms with Gasteiger partial charge in [-0.3, -0.25) is 0 Å². The predicted octanol–water partition coefficient (Wildman–Crippen LogP) is 4.37. The lowest BCUT2D eigenvalue weighted by Gasteiger charge is -2.23. The smallest absolute Gasteiger partial charge is 0.337 e. The number of benzene rings is 1. The van der Waals surface area contributed by atoms with Gasteiger partial charge in [0.15, 0.2) is 0 Å². The van der Waals surface area contributed by atoms with Crippen molar-refractivity contribution < 1.29 is 9.53 Å². The van der Waals surface area contributed by atoms with Crippen molar-refractivity contribution in [3.05, 3.63) is 23.8 Å². The summed E-state index contributed by atoms with van der Waals surface area (Å²) in [4.78, 5) is 16.5. The van der Waals surface area contributed by atoms with Crippen molar-refractivity contribution >= 4 is 23.0 Å². The van der Waals surface area contributed by atoms with Gasteiger partial charge >= 0.3 is 5.97 Å². The number of nitrogens with one attached hydrogen (secondary N) is 1. The number of esters is 1. The zero-order chi connectivity index (χ0) is 16.9. The Morgan fingerprint density at radius 3 is 2.83 bits per heavy atom. The van der Waals surface area contributed by atoms with Gasteiger partial charge < -0.3 is 14.6 Å². The van der Waals surface area contributed by atoms with Crippen LogP contribution in [0, 0.1) is 0 Å². The van der Waals surface area contributed by atoms with Gasteiger partial charge in [-0.05, 0) is 37.5 Å². The number of unbranched alkanes of at least 4 members (excludes halogenated alkanes) is 1. The summed E-state index contributed by atoms with van der Waals surface area (Å²) in [6.07, 6.45) is 8.60. The highest BCUT2D eigenvalue weighted by atomic mass is 16.5. The molecule has 0 unspecified atom stereocenters. The molecule has 1 heterocycles. The topological polar surface area (TPSA) is 56.2 Å². The molecule has 1 aliphatic rings. The second-order valence-corrected chi connectivity index (χ2v) is 6.61. The highest BCUT2D eigenvalue weighted by Gasteiger charge is 2.18. The van der Waals surface area contributed by atoms with Gasteiger partial charge in [0.05, 0.1) is 23.7 Å². The molecule has 24 heavy (non-hydrogen) atoms. The summed E-state index contributed by atoms with van der Waals surface area (Å²) in [5.74, 6) is 0.620. The Bertz CT molecular complexity index is 702. The van der Waals surface area contributed by atoms with Crippen molar-refractivity contribution in [2.24, 2.45) is 0 Å². The molecule has 5 heteroatoms. The van der Waals surface area contributed by atoms with E-state index in [9.17, 15) is 4.79 Å². The first-order chi connectivity index (χ1) is 11.7. The van der Waals surface area contributed by atoms with Gasteiger partial charge in [0.2, 0.25) is 5.95 Å². The Balaban J connectivity index is 1.93. The standard InChI is InChI=1S/C19H27N3O2/c1-3-4-12-22-17-11-10-14(18(23)24-2)13-16(17)21-19(22)20-15-8-6-5-7-9-15/h10-11,13,15H,3-9,12H2,1-2H3,(H,20,21). The number of imidazole rings is 1. The third-order valence-corrected chi connectivity index (χ3v) is 4.84. The van der Waals surface area contributed by atoms with Crippen molar-refractivity contribution in [2.75, 3.05) is 12.4 Å². The molecule has 0 aliphatic heterocycles. The maximum atomic E-state index is 11.8. The van der Waals surface area contributed by atoms with Crippen LogP contribution in [0.1, 0.15) is 62.2 Å². The number of fused-ring (bicyclic) bond motifs is 1. The molecular formula is C19H27N3O2. The fourth-order valence-electron chi connectivity index (χ4n) is 3.46. The molecule has 0 saturated heterocycles. The second-order valence-electron chi connectivity index (χ2n) is 6.61. The molecular weight excluding hydrogens is 302 g/mol. The van der Waals surface area contributed by atoms with E-state index in [4.69, 9.17) is 9.72 Å². The molecule has 0 bridgehead atoms. The SMILES string of the molecule is CCCCn1c(NC2CCCCC2)nc2cc(C(=O)OC)ccc21. The second kappa shape index (κ2) is 7.69. The number of hydrogen-bond donors (Lipinski definition) is 1. The molecule has 0 radical (unpaired) electrons. The van der Waals surface area contributed by atoms with Crippen molar-refractivity contribution in [3.63, 3.8) is 0 Å². The first-order valence-electron chi connectivity index (χ1n) is 9.08. The Kier molecular flexibility index (Phi) is 5.38. The lowest BCUT2D eigenvalue weighted by atomic mass is 9.96. The molecule has 1 saturated carbocycles. The lowest BCUT2D eigenvalue weighted by molar-refractivity contribution is 0.0601. The van der Waals surface area contributed by atoms with Crippen molar-refractivity contribution in [3.8, 4) is 0 Å². The van der Waals surface area contributed by atoms with Crippen LogP contribution in [0.4, 0.5) is 5.95 Å². The van der Waals surface area contributed by atoms with Crippen LogP contribution in [0.15, 0.2) is 18.2 Å². The summed E-state index contributed by atoms with van der Waals surface area (Å²) in [5, 5.41) is 3.65. The summed E-state index contributed by atoms with van der Waals surface area (Å²) < 4.78 is 7.08. The van der Waals surface area contributed by atoms with Gasteiger partial charge in [-0.2, -0.15) is 0 Å². The van der Waals surface area contributed by atoms with Crippen LogP contribution in [0.3, 0.4) is 0 Å². The zero-order valence-corrected chi connectivity index (χ0v) is 14.7. The number of anilines is 1. The fraction of sp³-hybridized carbons (Fsp3) is 0.579. The van der Waals surface area contributed by atoms with E-state index >= 15 is 0 Å². The molecule has 2 aromatic rings. The third kappa shape index (κ3) is 3.55.